The van der Waals surface area contributed by atoms with Crippen molar-refractivity contribution in [1.82, 2.24) is 15.0 Å². The lowest BCUT2D eigenvalue weighted by Crippen LogP contribution is -1.99. The second-order valence-electron chi connectivity index (χ2n) is 13.4. The van der Waals surface area contributed by atoms with Gasteiger partial charge in [-0.1, -0.05) is 140 Å². The third-order valence-electron chi connectivity index (χ3n) is 10.2. The molecule has 3 nitrogen and oxygen atoms in total. The summed E-state index contributed by atoms with van der Waals surface area (Å²) in [5.41, 5.74) is 13.6. The number of rotatable bonds is 7. The number of hydrogen-bond acceptors (Lipinski definition) is 3. The molecule has 0 fully saturated rings. The molecule has 0 unspecified atom stereocenters. The van der Waals surface area contributed by atoms with Crippen LogP contribution in [0.5, 0.6) is 0 Å². The largest absolute Gasteiger partial charge is 0.265 e. The molecule has 250 valence electrons. The highest BCUT2D eigenvalue weighted by Gasteiger charge is 2.18. The van der Waals surface area contributed by atoms with Crippen molar-refractivity contribution in [3.8, 4) is 33.5 Å². The number of aromatic nitrogens is 3. The topological polar surface area (TPSA) is 38.7 Å². The fraction of sp³-hybridized carbons (Fsp3) is 0.0200. The number of hydrogen-bond donors (Lipinski definition) is 0. The van der Waals surface area contributed by atoms with Crippen LogP contribution in [-0.4, -0.2) is 15.0 Å². The Kier molecular flexibility index (Phi) is 8.22. The van der Waals surface area contributed by atoms with Gasteiger partial charge >= 0.3 is 0 Å². The number of allylic oxidation sites excluding steroid dienone is 2. The molecule has 53 heavy (non-hydrogen) atoms. The van der Waals surface area contributed by atoms with Crippen molar-refractivity contribution in [3.05, 3.63) is 211 Å². The highest BCUT2D eigenvalue weighted by atomic mass is 14.7. The Morgan fingerprint density at radius 1 is 0.547 bits per heavy atom. The zero-order valence-electron chi connectivity index (χ0n) is 29.4. The summed E-state index contributed by atoms with van der Waals surface area (Å²) < 4.78 is 0. The minimum Gasteiger partial charge on any atom is -0.265 e. The summed E-state index contributed by atoms with van der Waals surface area (Å²) in [4.78, 5) is 14.6. The first-order valence-corrected chi connectivity index (χ1v) is 17.9. The van der Waals surface area contributed by atoms with Crippen LogP contribution in [0.3, 0.4) is 0 Å². The van der Waals surface area contributed by atoms with Crippen molar-refractivity contribution in [2.45, 2.75) is 6.92 Å². The van der Waals surface area contributed by atoms with Crippen LogP contribution in [-0.2, 0) is 0 Å². The van der Waals surface area contributed by atoms with Crippen LogP contribution in [0.1, 0.15) is 22.4 Å². The third kappa shape index (κ3) is 6.09. The minimum absolute atomic E-state index is 0.888. The Labute approximate surface area is 309 Å². The predicted molar refractivity (Wildman–Crippen MR) is 222 cm³/mol. The molecule has 3 aromatic heterocycles. The first-order valence-electron chi connectivity index (χ1n) is 17.9. The van der Waals surface area contributed by atoms with Gasteiger partial charge in [-0.25, -0.2) is 4.98 Å². The van der Waals surface area contributed by atoms with E-state index in [0.29, 0.717) is 0 Å². The van der Waals surface area contributed by atoms with E-state index in [0.717, 1.165) is 88.7 Å². The van der Waals surface area contributed by atoms with E-state index in [-0.39, 0.29) is 0 Å². The zero-order valence-corrected chi connectivity index (χ0v) is 29.4. The van der Waals surface area contributed by atoms with E-state index in [1.54, 1.807) is 0 Å². The lowest BCUT2D eigenvalue weighted by molar-refractivity contribution is 1.29. The van der Waals surface area contributed by atoms with Gasteiger partial charge in [0.15, 0.2) is 0 Å². The van der Waals surface area contributed by atoms with Gasteiger partial charge in [0.1, 0.15) is 0 Å². The molecule has 6 aromatic carbocycles. The molecule has 0 aliphatic rings. The normalized spacial score (nSPS) is 11.7. The van der Waals surface area contributed by atoms with Crippen molar-refractivity contribution in [2.75, 3.05) is 0 Å². The SMILES string of the molecule is C=C(/C=C(/c1cc2ccccc2cn1)c1ccc2c(-c3ccc(-c4ccncc4)cc3)cc(-c3ccccc3)nc2c1C)c1cccc2ccccc12. The number of aryl methyl sites for hydroxylation is 1. The summed E-state index contributed by atoms with van der Waals surface area (Å²) in [5, 5.41) is 5.70. The maximum atomic E-state index is 5.38. The molecule has 0 aliphatic heterocycles. The van der Waals surface area contributed by atoms with Gasteiger partial charge in [-0.05, 0) is 97.9 Å². The summed E-state index contributed by atoms with van der Waals surface area (Å²) in [6, 6.07) is 55.4. The van der Waals surface area contributed by atoms with Crippen LogP contribution in [0, 0.1) is 6.92 Å². The second kappa shape index (κ2) is 13.6. The molecular formula is C50H35N3. The molecular weight excluding hydrogens is 643 g/mol. The molecule has 0 N–H and O–H groups in total. The smallest absolute Gasteiger partial charge is 0.0751 e. The van der Waals surface area contributed by atoms with Gasteiger partial charge in [0.2, 0.25) is 0 Å². The van der Waals surface area contributed by atoms with E-state index in [1.807, 2.05) is 36.8 Å². The molecule has 0 bridgehead atoms. The fourth-order valence-corrected chi connectivity index (χ4v) is 7.38. The van der Waals surface area contributed by atoms with Crippen LogP contribution >= 0.6 is 0 Å². The maximum absolute atomic E-state index is 5.38. The molecule has 9 aromatic rings. The molecule has 9 rings (SSSR count). The number of fused-ring (bicyclic) bond motifs is 3. The second-order valence-corrected chi connectivity index (χ2v) is 13.4. The molecule has 3 heterocycles. The molecule has 0 amide bonds. The summed E-state index contributed by atoms with van der Waals surface area (Å²) >= 11 is 0. The quantitative estimate of drug-likeness (QED) is 0.158. The molecule has 0 aliphatic carbocycles. The highest BCUT2D eigenvalue weighted by Crippen LogP contribution is 2.39. The van der Waals surface area contributed by atoms with E-state index in [2.05, 4.69) is 164 Å². The summed E-state index contributed by atoms with van der Waals surface area (Å²) in [6.07, 6.45) is 7.83. The van der Waals surface area contributed by atoms with Crippen LogP contribution in [0.15, 0.2) is 189 Å². The van der Waals surface area contributed by atoms with Crippen molar-refractivity contribution < 1.29 is 0 Å². The summed E-state index contributed by atoms with van der Waals surface area (Å²) in [5.74, 6) is 0. The Hall–Kier alpha value is -6.97. The van der Waals surface area contributed by atoms with E-state index in [9.17, 15) is 0 Å². The lowest BCUT2D eigenvalue weighted by atomic mass is 9.89. The van der Waals surface area contributed by atoms with E-state index >= 15 is 0 Å². The molecule has 0 saturated carbocycles. The monoisotopic (exact) mass is 677 g/mol. The standard InChI is InChI=1S/C50H35N3/c1-33(42-18-10-16-37-11-8-9-17-44(37)42)29-47(49-30-40-14-6-7-15-41(40)32-52-49)43-23-24-45-46(38-21-19-35(20-22-38)36-25-27-51-28-26-36)31-48(53-50(45)34(43)2)39-12-4-3-5-13-39/h3-32H,1H2,2H3/b47-29+. The summed E-state index contributed by atoms with van der Waals surface area (Å²) in [6.45, 7) is 6.82. The maximum Gasteiger partial charge on any atom is 0.0751 e. The van der Waals surface area contributed by atoms with Crippen LogP contribution in [0.2, 0.25) is 0 Å². The summed E-state index contributed by atoms with van der Waals surface area (Å²) in [7, 11) is 0. The van der Waals surface area contributed by atoms with Gasteiger partial charge in [0, 0.05) is 40.5 Å². The van der Waals surface area contributed by atoms with Crippen molar-refractivity contribution in [1.29, 1.82) is 0 Å². The van der Waals surface area contributed by atoms with Crippen LogP contribution in [0.4, 0.5) is 0 Å². The first-order chi connectivity index (χ1) is 26.1. The molecule has 0 spiro atoms. The van der Waals surface area contributed by atoms with Gasteiger partial charge in [-0.2, -0.15) is 0 Å². The Balaban J connectivity index is 1.25. The van der Waals surface area contributed by atoms with E-state index < -0.39 is 0 Å². The van der Waals surface area contributed by atoms with Crippen LogP contribution < -0.4 is 0 Å². The van der Waals surface area contributed by atoms with Crippen LogP contribution in [0.25, 0.3) is 77.1 Å². The van der Waals surface area contributed by atoms with Gasteiger partial charge in [0.05, 0.1) is 16.9 Å². The fourth-order valence-electron chi connectivity index (χ4n) is 7.38. The molecule has 3 heteroatoms. The molecule has 0 saturated heterocycles. The van der Waals surface area contributed by atoms with Gasteiger partial charge in [-0.3, -0.25) is 9.97 Å². The molecule has 0 radical (unpaired) electrons. The van der Waals surface area contributed by atoms with Gasteiger partial charge in [0.25, 0.3) is 0 Å². The Morgan fingerprint density at radius 3 is 2.04 bits per heavy atom. The van der Waals surface area contributed by atoms with E-state index in [4.69, 9.17) is 9.97 Å². The van der Waals surface area contributed by atoms with Gasteiger partial charge in [-0.15, -0.1) is 0 Å². The van der Waals surface area contributed by atoms with E-state index in [1.165, 1.54) is 10.8 Å². The van der Waals surface area contributed by atoms with Crippen molar-refractivity contribution >= 4 is 43.6 Å². The van der Waals surface area contributed by atoms with Crippen molar-refractivity contribution in [2.24, 2.45) is 0 Å². The van der Waals surface area contributed by atoms with Gasteiger partial charge < -0.3 is 0 Å². The minimum atomic E-state index is 0.888. The van der Waals surface area contributed by atoms with Crippen molar-refractivity contribution in [3.63, 3.8) is 0 Å². The highest BCUT2D eigenvalue weighted by molar-refractivity contribution is 6.04. The number of benzene rings is 6. The third-order valence-corrected chi connectivity index (χ3v) is 10.2. The zero-order chi connectivity index (χ0) is 35.7. The predicted octanol–water partition coefficient (Wildman–Crippen LogP) is 12.8. The average Bonchev–Trinajstić information content (AvgIpc) is 3.23. The molecule has 0 atom stereocenters. The average molecular weight is 678 g/mol. The Morgan fingerprint density at radius 2 is 1.23 bits per heavy atom. The lowest BCUT2D eigenvalue weighted by Gasteiger charge is -2.18. The number of nitrogens with zero attached hydrogens (tertiary/aromatic N) is 3. The first kappa shape index (κ1) is 32.0. The Bertz CT molecular complexity index is 2830. The number of pyridine rings is 3.